The maximum absolute atomic E-state index is 14.5. The first-order valence-corrected chi connectivity index (χ1v) is 10.8. The van der Waals surface area contributed by atoms with E-state index in [1.165, 1.54) is 24.1 Å². The van der Waals surface area contributed by atoms with E-state index in [0.717, 1.165) is 6.42 Å². The van der Waals surface area contributed by atoms with Crippen molar-refractivity contribution in [2.45, 2.75) is 12.8 Å². The number of halogens is 1. The first-order valence-electron chi connectivity index (χ1n) is 10.8. The molecule has 0 unspecified atom stereocenters. The van der Waals surface area contributed by atoms with Gasteiger partial charge in [0.25, 0.3) is 5.91 Å². The Morgan fingerprint density at radius 2 is 1.88 bits per heavy atom. The van der Waals surface area contributed by atoms with Gasteiger partial charge in [0.05, 0.1) is 19.0 Å². The minimum Gasteiger partial charge on any atom is -0.494 e. The van der Waals surface area contributed by atoms with Gasteiger partial charge in [-0.25, -0.2) is 9.07 Å². The molecule has 2 aromatic carbocycles. The molecule has 0 bridgehead atoms. The summed E-state index contributed by atoms with van der Waals surface area (Å²) in [6, 6.07) is 15.0. The van der Waals surface area contributed by atoms with Crippen LogP contribution in [0.25, 0.3) is 11.5 Å². The number of carbonyl (C=O) groups is 2. The molecule has 9 heteroatoms. The fraction of sp³-hybridized carbons (Fsp3) is 0.160. The zero-order chi connectivity index (χ0) is 23.7. The van der Waals surface area contributed by atoms with Crippen molar-refractivity contribution in [3.8, 4) is 17.3 Å². The van der Waals surface area contributed by atoms with Gasteiger partial charge in [-0.15, -0.1) is 0 Å². The van der Waals surface area contributed by atoms with Gasteiger partial charge in [-0.2, -0.15) is 5.10 Å². The third-order valence-electron chi connectivity index (χ3n) is 5.72. The van der Waals surface area contributed by atoms with E-state index in [1.54, 1.807) is 58.3 Å². The molecule has 0 radical (unpaired) electrons. The van der Waals surface area contributed by atoms with E-state index in [1.807, 2.05) is 12.1 Å². The smallest absolute Gasteiger partial charge is 0.261 e. The Bertz CT molecular complexity index is 1360. The van der Waals surface area contributed by atoms with Crippen molar-refractivity contribution in [1.29, 1.82) is 0 Å². The first kappa shape index (κ1) is 21.4. The van der Waals surface area contributed by atoms with Gasteiger partial charge in [-0.1, -0.05) is 12.1 Å². The topological polar surface area (TPSA) is 81.4 Å². The number of hydrogen-bond acceptors (Lipinski definition) is 4. The number of anilines is 2. The molecule has 172 valence electrons. The van der Waals surface area contributed by atoms with Crippen LogP contribution in [0.1, 0.15) is 23.2 Å². The highest BCUT2D eigenvalue weighted by Gasteiger charge is 2.25. The van der Waals surface area contributed by atoms with E-state index in [-0.39, 0.29) is 17.2 Å². The molecule has 1 aliphatic rings. The number of para-hydroxylation sites is 1. The molecular formula is C25H22FN5O3. The highest BCUT2D eigenvalue weighted by molar-refractivity contribution is 6.07. The summed E-state index contributed by atoms with van der Waals surface area (Å²) in [6.45, 7) is 0.635. The molecule has 2 aromatic heterocycles. The number of aromatic nitrogens is 3. The Morgan fingerprint density at radius 3 is 2.59 bits per heavy atom. The number of ether oxygens (including phenoxy) is 1. The molecular weight excluding hydrogens is 437 g/mol. The number of nitrogens with one attached hydrogen (secondary N) is 1. The van der Waals surface area contributed by atoms with Gasteiger partial charge in [0.1, 0.15) is 22.8 Å². The predicted octanol–water partition coefficient (Wildman–Crippen LogP) is 4.19. The number of amides is 2. The summed E-state index contributed by atoms with van der Waals surface area (Å²) in [5.41, 5.74) is 1.65. The molecule has 1 fully saturated rings. The second-order valence-corrected chi connectivity index (χ2v) is 7.83. The highest BCUT2D eigenvalue weighted by Crippen LogP contribution is 2.34. The van der Waals surface area contributed by atoms with Crippen molar-refractivity contribution in [3.05, 3.63) is 84.6 Å². The Kier molecular flexibility index (Phi) is 5.59. The Balaban J connectivity index is 1.49. The molecule has 0 atom stereocenters. The van der Waals surface area contributed by atoms with Crippen molar-refractivity contribution in [2.75, 3.05) is 23.9 Å². The van der Waals surface area contributed by atoms with E-state index >= 15 is 0 Å². The number of methoxy groups -OCH3 is 1. The fourth-order valence-corrected chi connectivity index (χ4v) is 4.11. The molecule has 5 rings (SSSR count). The van der Waals surface area contributed by atoms with Crippen LogP contribution in [0.2, 0.25) is 0 Å². The molecule has 0 saturated carbocycles. The molecule has 0 spiro atoms. The van der Waals surface area contributed by atoms with Crippen LogP contribution in [-0.4, -0.2) is 39.8 Å². The Morgan fingerprint density at radius 1 is 1.09 bits per heavy atom. The zero-order valence-corrected chi connectivity index (χ0v) is 18.4. The van der Waals surface area contributed by atoms with Gasteiger partial charge in [-0.05, 0) is 42.8 Å². The Labute approximate surface area is 195 Å². The molecule has 1 N–H and O–H groups in total. The molecule has 2 amide bonds. The Hall–Kier alpha value is -4.40. The van der Waals surface area contributed by atoms with Crippen LogP contribution in [0.5, 0.6) is 5.75 Å². The standard InChI is InChI=1S/C25H22FN5O3/c1-34-22-15-17(10-11-21(22)30-14-6-9-23(30)32)28-24(33)18-16-27-31(20-8-3-2-7-19(20)26)25(18)29-12-4-5-13-29/h2-5,7-8,10-13,15-16H,6,9,14H2,1H3,(H,28,33). The average molecular weight is 459 g/mol. The van der Waals surface area contributed by atoms with Crippen molar-refractivity contribution in [2.24, 2.45) is 0 Å². The number of carbonyl (C=O) groups excluding carboxylic acids is 2. The lowest BCUT2D eigenvalue weighted by Gasteiger charge is -2.19. The minimum absolute atomic E-state index is 0.0482. The van der Waals surface area contributed by atoms with Crippen LogP contribution >= 0.6 is 0 Å². The van der Waals surface area contributed by atoms with E-state index in [4.69, 9.17) is 4.74 Å². The maximum Gasteiger partial charge on any atom is 0.261 e. The predicted molar refractivity (Wildman–Crippen MR) is 125 cm³/mol. The van der Waals surface area contributed by atoms with Crippen LogP contribution < -0.4 is 15.0 Å². The van der Waals surface area contributed by atoms with Gasteiger partial charge in [0.2, 0.25) is 5.91 Å². The van der Waals surface area contributed by atoms with Crippen LogP contribution in [0.4, 0.5) is 15.8 Å². The summed E-state index contributed by atoms with van der Waals surface area (Å²) in [4.78, 5) is 27.1. The summed E-state index contributed by atoms with van der Waals surface area (Å²) in [5, 5.41) is 7.16. The summed E-state index contributed by atoms with van der Waals surface area (Å²) < 4.78 is 23.1. The van der Waals surface area contributed by atoms with Crippen LogP contribution in [0.3, 0.4) is 0 Å². The van der Waals surface area contributed by atoms with E-state index in [0.29, 0.717) is 35.9 Å². The van der Waals surface area contributed by atoms with Crippen LogP contribution in [-0.2, 0) is 4.79 Å². The number of hydrogen-bond donors (Lipinski definition) is 1. The number of rotatable bonds is 6. The van der Waals surface area contributed by atoms with E-state index in [9.17, 15) is 14.0 Å². The van der Waals surface area contributed by atoms with E-state index < -0.39 is 11.7 Å². The SMILES string of the molecule is COc1cc(NC(=O)c2cnn(-c3ccccc3F)c2-n2cccc2)ccc1N1CCCC1=O. The minimum atomic E-state index is -0.456. The summed E-state index contributed by atoms with van der Waals surface area (Å²) in [6.07, 6.45) is 6.24. The van der Waals surface area contributed by atoms with Crippen molar-refractivity contribution in [3.63, 3.8) is 0 Å². The second kappa shape index (κ2) is 8.86. The largest absolute Gasteiger partial charge is 0.494 e. The second-order valence-electron chi connectivity index (χ2n) is 7.83. The molecule has 1 saturated heterocycles. The summed E-state index contributed by atoms with van der Waals surface area (Å²) >= 11 is 0. The van der Waals surface area contributed by atoms with Crippen molar-refractivity contribution in [1.82, 2.24) is 14.3 Å². The number of benzene rings is 2. The van der Waals surface area contributed by atoms with Crippen LogP contribution in [0.15, 0.2) is 73.2 Å². The monoisotopic (exact) mass is 459 g/mol. The third kappa shape index (κ3) is 3.81. The molecule has 0 aliphatic carbocycles. The maximum atomic E-state index is 14.5. The average Bonchev–Trinajstić information content (AvgIpc) is 3.60. The zero-order valence-electron chi connectivity index (χ0n) is 18.4. The first-order chi connectivity index (χ1) is 16.6. The van der Waals surface area contributed by atoms with Gasteiger partial charge in [0.15, 0.2) is 5.82 Å². The van der Waals surface area contributed by atoms with Gasteiger partial charge in [0, 0.05) is 37.1 Å². The van der Waals surface area contributed by atoms with Crippen molar-refractivity contribution < 1.29 is 18.7 Å². The van der Waals surface area contributed by atoms with Gasteiger partial charge < -0.3 is 19.5 Å². The van der Waals surface area contributed by atoms with Gasteiger partial charge >= 0.3 is 0 Å². The molecule has 4 aromatic rings. The lowest BCUT2D eigenvalue weighted by molar-refractivity contribution is -0.117. The fourth-order valence-electron chi connectivity index (χ4n) is 4.11. The van der Waals surface area contributed by atoms with E-state index in [2.05, 4.69) is 10.4 Å². The van der Waals surface area contributed by atoms with Gasteiger partial charge in [-0.3, -0.25) is 9.59 Å². The quantitative estimate of drug-likeness (QED) is 0.469. The lowest BCUT2D eigenvalue weighted by Crippen LogP contribution is -2.24. The molecule has 1 aliphatic heterocycles. The normalized spacial score (nSPS) is 13.4. The highest BCUT2D eigenvalue weighted by atomic mass is 19.1. The third-order valence-corrected chi connectivity index (χ3v) is 5.72. The molecule has 8 nitrogen and oxygen atoms in total. The van der Waals surface area contributed by atoms with Crippen LogP contribution in [0, 0.1) is 5.82 Å². The molecule has 3 heterocycles. The lowest BCUT2D eigenvalue weighted by atomic mass is 10.2. The number of nitrogens with zero attached hydrogens (tertiary/aromatic N) is 4. The molecule has 34 heavy (non-hydrogen) atoms. The summed E-state index contributed by atoms with van der Waals surface area (Å²) in [5.74, 6) is 0.0627. The summed E-state index contributed by atoms with van der Waals surface area (Å²) in [7, 11) is 1.52. The van der Waals surface area contributed by atoms with Crippen molar-refractivity contribution >= 4 is 23.2 Å².